The molecule has 4 heteroatoms. The van der Waals surface area contributed by atoms with E-state index in [9.17, 15) is 9.90 Å². The summed E-state index contributed by atoms with van der Waals surface area (Å²) in [7, 11) is 0. The van der Waals surface area contributed by atoms with Crippen molar-refractivity contribution in [3.8, 4) is 0 Å². The summed E-state index contributed by atoms with van der Waals surface area (Å²) in [6.07, 6.45) is 3.45. The predicted octanol–water partition coefficient (Wildman–Crippen LogP) is 1.69. The van der Waals surface area contributed by atoms with E-state index in [0.717, 1.165) is 22.9 Å². The SMILES string of the molecule is Cc1cc(Br)cn(CC2CC[C@@H]2O)c1=O. The van der Waals surface area contributed by atoms with Crippen LogP contribution in [0.25, 0.3) is 0 Å². The summed E-state index contributed by atoms with van der Waals surface area (Å²) in [4.78, 5) is 11.8. The first kappa shape index (κ1) is 10.9. The lowest BCUT2D eigenvalue weighted by Crippen LogP contribution is -2.37. The van der Waals surface area contributed by atoms with Crippen LogP contribution in [0.3, 0.4) is 0 Å². The topological polar surface area (TPSA) is 42.2 Å². The highest BCUT2D eigenvalue weighted by Gasteiger charge is 2.29. The van der Waals surface area contributed by atoms with Crippen LogP contribution in [0.1, 0.15) is 18.4 Å². The fourth-order valence-electron chi connectivity index (χ4n) is 1.89. The monoisotopic (exact) mass is 271 g/mol. The highest BCUT2D eigenvalue weighted by molar-refractivity contribution is 9.10. The Bertz CT molecular complexity index is 427. The summed E-state index contributed by atoms with van der Waals surface area (Å²) >= 11 is 3.37. The van der Waals surface area contributed by atoms with Crippen molar-refractivity contribution in [1.82, 2.24) is 4.57 Å². The van der Waals surface area contributed by atoms with Crippen molar-refractivity contribution < 1.29 is 5.11 Å². The molecule has 2 atom stereocenters. The van der Waals surface area contributed by atoms with E-state index in [1.165, 1.54) is 0 Å². The average Bonchev–Trinajstić information content (AvgIpc) is 2.18. The van der Waals surface area contributed by atoms with E-state index in [2.05, 4.69) is 15.9 Å². The Morgan fingerprint density at radius 3 is 2.87 bits per heavy atom. The molecule has 1 aliphatic rings. The van der Waals surface area contributed by atoms with E-state index in [1.54, 1.807) is 17.7 Å². The van der Waals surface area contributed by atoms with Crippen LogP contribution in [0.2, 0.25) is 0 Å². The smallest absolute Gasteiger partial charge is 0.253 e. The summed E-state index contributed by atoms with van der Waals surface area (Å²) in [6.45, 7) is 2.43. The molecule has 0 amide bonds. The van der Waals surface area contributed by atoms with Crippen LogP contribution in [-0.2, 0) is 6.54 Å². The lowest BCUT2D eigenvalue weighted by molar-refractivity contribution is 0.0142. The number of rotatable bonds is 2. The number of aliphatic hydroxyl groups excluding tert-OH is 1. The van der Waals surface area contributed by atoms with Gasteiger partial charge in [0, 0.05) is 28.7 Å². The molecule has 1 aromatic heterocycles. The van der Waals surface area contributed by atoms with E-state index in [4.69, 9.17) is 0 Å². The molecule has 0 bridgehead atoms. The molecule has 1 saturated carbocycles. The number of pyridine rings is 1. The second-order valence-electron chi connectivity index (χ2n) is 4.20. The molecule has 1 heterocycles. The van der Waals surface area contributed by atoms with Gasteiger partial charge in [0.25, 0.3) is 5.56 Å². The van der Waals surface area contributed by atoms with E-state index < -0.39 is 0 Å². The van der Waals surface area contributed by atoms with Crippen LogP contribution in [-0.4, -0.2) is 15.8 Å². The third-order valence-corrected chi connectivity index (χ3v) is 3.47. The number of aliphatic hydroxyl groups is 1. The van der Waals surface area contributed by atoms with E-state index in [-0.39, 0.29) is 17.6 Å². The first-order valence-corrected chi connectivity index (χ1v) is 5.92. The highest BCUT2D eigenvalue weighted by Crippen LogP contribution is 2.28. The number of aryl methyl sites for hydroxylation is 1. The van der Waals surface area contributed by atoms with E-state index >= 15 is 0 Å². The van der Waals surface area contributed by atoms with Gasteiger partial charge < -0.3 is 9.67 Å². The first-order valence-electron chi connectivity index (χ1n) is 5.12. The second-order valence-corrected chi connectivity index (χ2v) is 5.12. The van der Waals surface area contributed by atoms with Gasteiger partial charge in [0.2, 0.25) is 0 Å². The maximum absolute atomic E-state index is 11.8. The summed E-state index contributed by atoms with van der Waals surface area (Å²) in [5.41, 5.74) is 0.774. The van der Waals surface area contributed by atoms with Crippen molar-refractivity contribution in [2.45, 2.75) is 32.4 Å². The highest BCUT2D eigenvalue weighted by atomic mass is 79.9. The van der Waals surface area contributed by atoms with E-state index in [1.807, 2.05) is 6.07 Å². The Morgan fingerprint density at radius 2 is 2.33 bits per heavy atom. The molecule has 0 aromatic carbocycles. The van der Waals surface area contributed by atoms with Gasteiger partial charge >= 0.3 is 0 Å². The molecule has 1 N–H and O–H groups in total. The van der Waals surface area contributed by atoms with Crippen LogP contribution in [0.4, 0.5) is 0 Å². The van der Waals surface area contributed by atoms with Crippen molar-refractivity contribution in [2.75, 3.05) is 0 Å². The zero-order valence-corrected chi connectivity index (χ0v) is 10.2. The molecule has 0 aliphatic heterocycles. The Labute approximate surface area is 96.9 Å². The van der Waals surface area contributed by atoms with Crippen LogP contribution in [0.15, 0.2) is 21.5 Å². The van der Waals surface area contributed by atoms with Gasteiger partial charge in [-0.2, -0.15) is 0 Å². The minimum atomic E-state index is -0.226. The zero-order chi connectivity index (χ0) is 11.0. The lowest BCUT2D eigenvalue weighted by atomic mass is 9.82. The largest absolute Gasteiger partial charge is 0.393 e. The number of halogens is 1. The fourth-order valence-corrected chi connectivity index (χ4v) is 2.48. The van der Waals surface area contributed by atoms with Gasteiger partial charge in [0.05, 0.1) is 6.10 Å². The number of nitrogens with zero attached hydrogens (tertiary/aromatic N) is 1. The summed E-state index contributed by atoms with van der Waals surface area (Å²) in [5.74, 6) is 0.247. The lowest BCUT2D eigenvalue weighted by Gasteiger charge is -2.32. The molecule has 82 valence electrons. The average molecular weight is 272 g/mol. The Kier molecular flexibility index (Phi) is 2.98. The molecular weight excluding hydrogens is 258 g/mol. The summed E-state index contributed by atoms with van der Waals surface area (Å²) in [6, 6.07) is 1.82. The van der Waals surface area contributed by atoms with E-state index in [0.29, 0.717) is 6.54 Å². The third kappa shape index (κ3) is 2.16. The first-order chi connectivity index (χ1) is 7.08. The quantitative estimate of drug-likeness (QED) is 0.890. The minimum absolute atomic E-state index is 0.0392. The molecule has 0 radical (unpaired) electrons. The van der Waals surface area contributed by atoms with Crippen molar-refractivity contribution in [1.29, 1.82) is 0 Å². The standard InChI is InChI=1S/C11H14BrNO2/c1-7-4-9(12)6-13(11(7)15)5-8-2-3-10(8)14/h4,6,8,10,14H,2-3,5H2,1H3/t8?,10-/m0/s1. The number of hydrogen-bond acceptors (Lipinski definition) is 2. The van der Waals surface area contributed by atoms with Gasteiger partial charge in [0.15, 0.2) is 0 Å². The maximum Gasteiger partial charge on any atom is 0.253 e. The third-order valence-electron chi connectivity index (χ3n) is 3.04. The van der Waals surface area contributed by atoms with Crippen LogP contribution in [0, 0.1) is 12.8 Å². The van der Waals surface area contributed by atoms with Gasteiger partial charge in [-0.1, -0.05) is 0 Å². The zero-order valence-electron chi connectivity index (χ0n) is 8.61. The van der Waals surface area contributed by atoms with Gasteiger partial charge in [-0.25, -0.2) is 0 Å². The fraction of sp³-hybridized carbons (Fsp3) is 0.545. The van der Waals surface area contributed by atoms with Gasteiger partial charge in [-0.3, -0.25) is 4.79 Å². The summed E-state index contributed by atoms with van der Waals surface area (Å²) in [5, 5.41) is 9.47. The molecule has 1 aliphatic carbocycles. The number of hydrogen-bond donors (Lipinski definition) is 1. The Morgan fingerprint density at radius 1 is 1.60 bits per heavy atom. The molecule has 1 aromatic rings. The second kappa shape index (κ2) is 4.10. The van der Waals surface area contributed by atoms with Crippen LogP contribution in [0.5, 0.6) is 0 Å². The van der Waals surface area contributed by atoms with Crippen molar-refractivity contribution in [2.24, 2.45) is 5.92 Å². The molecule has 2 rings (SSSR count). The molecule has 15 heavy (non-hydrogen) atoms. The van der Waals surface area contributed by atoms with Crippen LogP contribution < -0.4 is 5.56 Å². The Balaban J connectivity index is 2.24. The predicted molar refractivity (Wildman–Crippen MR) is 61.9 cm³/mol. The van der Waals surface area contributed by atoms with Gasteiger partial charge in [-0.05, 0) is 41.8 Å². The van der Waals surface area contributed by atoms with Crippen molar-refractivity contribution in [3.05, 3.63) is 32.7 Å². The van der Waals surface area contributed by atoms with Crippen LogP contribution >= 0.6 is 15.9 Å². The normalized spacial score (nSPS) is 25.0. The summed E-state index contributed by atoms with van der Waals surface area (Å²) < 4.78 is 2.60. The molecule has 0 spiro atoms. The van der Waals surface area contributed by atoms with Crippen molar-refractivity contribution in [3.63, 3.8) is 0 Å². The molecule has 1 unspecified atom stereocenters. The molecular formula is C11H14BrNO2. The van der Waals surface area contributed by atoms with Gasteiger partial charge in [-0.15, -0.1) is 0 Å². The van der Waals surface area contributed by atoms with Gasteiger partial charge in [0.1, 0.15) is 0 Å². The Hall–Kier alpha value is -0.610. The number of aromatic nitrogens is 1. The maximum atomic E-state index is 11.8. The molecule has 1 fully saturated rings. The molecule has 0 saturated heterocycles. The minimum Gasteiger partial charge on any atom is -0.393 e. The molecule has 3 nitrogen and oxygen atoms in total. The van der Waals surface area contributed by atoms with Crippen molar-refractivity contribution >= 4 is 15.9 Å².